The number of rotatable bonds is 4. The number of nitrogens with one attached hydrogen (secondary N) is 1. The first kappa shape index (κ1) is 11.0. The zero-order valence-corrected chi connectivity index (χ0v) is 10.5. The molecule has 3 heteroatoms. The van der Waals surface area contributed by atoms with E-state index in [1.807, 2.05) is 7.05 Å². The van der Waals surface area contributed by atoms with Crippen molar-refractivity contribution >= 4 is 15.9 Å². The highest BCUT2D eigenvalue weighted by Crippen LogP contribution is 2.31. The molecule has 0 aromatic heterocycles. The molecule has 0 saturated heterocycles. The van der Waals surface area contributed by atoms with Crippen LogP contribution in [-0.2, 0) is 6.54 Å². The van der Waals surface area contributed by atoms with E-state index < -0.39 is 0 Å². The topological polar surface area (TPSA) is 21.3 Å². The van der Waals surface area contributed by atoms with Gasteiger partial charge in [-0.2, -0.15) is 0 Å². The number of benzene rings is 1. The summed E-state index contributed by atoms with van der Waals surface area (Å²) in [7, 11) is 1.95. The second-order valence-electron chi connectivity index (χ2n) is 3.97. The van der Waals surface area contributed by atoms with Gasteiger partial charge in [0, 0.05) is 6.54 Å². The van der Waals surface area contributed by atoms with E-state index in [4.69, 9.17) is 4.74 Å². The van der Waals surface area contributed by atoms with Gasteiger partial charge in [0.15, 0.2) is 0 Å². The highest BCUT2D eigenvalue weighted by Gasteiger charge is 2.19. The van der Waals surface area contributed by atoms with Gasteiger partial charge < -0.3 is 10.1 Å². The third-order valence-electron chi connectivity index (χ3n) is 2.72. The molecule has 0 aliphatic heterocycles. The molecule has 0 radical (unpaired) electrons. The predicted molar refractivity (Wildman–Crippen MR) is 65.2 cm³/mol. The summed E-state index contributed by atoms with van der Waals surface area (Å²) in [5.41, 5.74) is 1.27. The van der Waals surface area contributed by atoms with Crippen molar-refractivity contribution in [1.82, 2.24) is 5.32 Å². The molecule has 2 rings (SSSR count). The third kappa shape index (κ3) is 2.73. The Morgan fingerprint density at radius 3 is 2.80 bits per heavy atom. The van der Waals surface area contributed by atoms with Crippen LogP contribution in [0.5, 0.6) is 5.75 Å². The van der Waals surface area contributed by atoms with Gasteiger partial charge >= 0.3 is 0 Å². The molecule has 0 spiro atoms. The highest BCUT2D eigenvalue weighted by molar-refractivity contribution is 9.10. The Balaban J connectivity index is 2.04. The lowest BCUT2D eigenvalue weighted by Gasteiger charge is -2.27. The van der Waals surface area contributed by atoms with E-state index in [1.165, 1.54) is 24.8 Å². The summed E-state index contributed by atoms with van der Waals surface area (Å²) in [6.07, 6.45) is 4.15. The minimum Gasteiger partial charge on any atom is -0.489 e. The third-order valence-corrected chi connectivity index (χ3v) is 3.34. The Bertz CT molecular complexity index is 336. The monoisotopic (exact) mass is 269 g/mol. The molecule has 1 fully saturated rings. The van der Waals surface area contributed by atoms with Gasteiger partial charge in [0.1, 0.15) is 5.75 Å². The predicted octanol–water partition coefficient (Wildman–Crippen LogP) is 3.10. The largest absolute Gasteiger partial charge is 0.489 e. The molecule has 15 heavy (non-hydrogen) atoms. The van der Waals surface area contributed by atoms with Crippen LogP contribution in [-0.4, -0.2) is 13.2 Å². The van der Waals surface area contributed by atoms with Crippen LogP contribution in [0.4, 0.5) is 0 Å². The first-order valence-corrected chi connectivity index (χ1v) is 6.18. The fourth-order valence-electron chi connectivity index (χ4n) is 1.62. The van der Waals surface area contributed by atoms with E-state index in [9.17, 15) is 0 Å². The van der Waals surface area contributed by atoms with E-state index in [1.54, 1.807) is 0 Å². The van der Waals surface area contributed by atoms with Crippen LogP contribution in [0.15, 0.2) is 22.7 Å². The van der Waals surface area contributed by atoms with E-state index >= 15 is 0 Å². The van der Waals surface area contributed by atoms with Gasteiger partial charge in [0.25, 0.3) is 0 Å². The van der Waals surface area contributed by atoms with Gasteiger partial charge in [-0.05, 0) is 59.9 Å². The lowest BCUT2D eigenvalue weighted by Crippen LogP contribution is -2.24. The second-order valence-corrected chi connectivity index (χ2v) is 4.82. The van der Waals surface area contributed by atoms with Gasteiger partial charge in [-0.25, -0.2) is 0 Å². The number of hydrogen-bond donors (Lipinski definition) is 1. The molecule has 1 saturated carbocycles. The summed E-state index contributed by atoms with van der Waals surface area (Å²) in [6, 6.07) is 6.27. The summed E-state index contributed by atoms with van der Waals surface area (Å²) in [5, 5.41) is 3.13. The van der Waals surface area contributed by atoms with Crippen LogP contribution < -0.4 is 10.1 Å². The van der Waals surface area contributed by atoms with Crippen LogP contribution in [0, 0.1) is 0 Å². The molecule has 0 bridgehead atoms. The lowest BCUT2D eigenvalue weighted by atomic mass is 9.96. The molecule has 1 aliphatic rings. The summed E-state index contributed by atoms with van der Waals surface area (Å²) in [4.78, 5) is 0. The molecule has 0 amide bonds. The minimum atomic E-state index is 0.441. The zero-order chi connectivity index (χ0) is 10.7. The molecule has 2 nitrogen and oxygen atoms in total. The smallest absolute Gasteiger partial charge is 0.133 e. The average Bonchev–Trinajstić information content (AvgIpc) is 2.14. The molecule has 1 N–H and O–H groups in total. The van der Waals surface area contributed by atoms with E-state index in [-0.39, 0.29) is 0 Å². The quantitative estimate of drug-likeness (QED) is 0.907. The summed E-state index contributed by atoms with van der Waals surface area (Å²) in [6.45, 7) is 0.891. The van der Waals surface area contributed by atoms with Gasteiger partial charge in [-0.15, -0.1) is 0 Å². The van der Waals surface area contributed by atoms with Crippen LogP contribution >= 0.6 is 15.9 Å². The maximum atomic E-state index is 5.85. The van der Waals surface area contributed by atoms with Crippen molar-refractivity contribution in [2.75, 3.05) is 7.05 Å². The first-order chi connectivity index (χ1) is 7.29. The maximum absolute atomic E-state index is 5.85. The Morgan fingerprint density at radius 1 is 1.47 bits per heavy atom. The van der Waals surface area contributed by atoms with Gasteiger partial charge in [0.2, 0.25) is 0 Å². The SMILES string of the molecule is CNCc1ccc(OC2CCC2)c(Br)c1. The van der Waals surface area contributed by atoms with Crippen molar-refractivity contribution in [2.24, 2.45) is 0 Å². The Morgan fingerprint density at radius 2 is 2.27 bits per heavy atom. The Hall–Kier alpha value is -0.540. The van der Waals surface area contributed by atoms with Crippen molar-refractivity contribution in [3.8, 4) is 5.75 Å². The molecule has 0 heterocycles. The van der Waals surface area contributed by atoms with Crippen LogP contribution in [0.1, 0.15) is 24.8 Å². The molecule has 1 aliphatic carbocycles. The standard InChI is InChI=1S/C12H16BrNO/c1-14-8-9-5-6-12(11(13)7-9)15-10-3-2-4-10/h5-7,10,14H,2-4,8H2,1H3. The fourth-order valence-corrected chi connectivity index (χ4v) is 2.14. The molecule has 82 valence electrons. The normalized spacial score (nSPS) is 16.1. The van der Waals surface area contributed by atoms with Crippen molar-refractivity contribution in [1.29, 1.82) is 0 Å². The van der Waals surface area contributed by atoms with Crippen LogP contribution in [0.3, 0.4) is 0 Å². The average molecular weight is 270 g/mol. The van der Waals surface area contributed by atoms with Gasteiger partial charge in [-0.3, -0.25) is 0 Å². The number of hydrogen-bond acceptors (Lipinski definition) is 2. The molecule has 1 aromatic rings. The zero-order valence-electron chi connectivity index (χ0n) is 8.92. The van der Waals surface area contributed by atoms with E-state index in [0.29, 0.717) is 6.10 Å². The van der Waals surface area contributed by atoms with Crippen molar-refractivity contribution in [3.05, 3.63) is 28.2 Å². The molecular weight excluding hydrogens is 254 g/mol. The lowest BCUT2D eigenvalue weighted by molar-refractivity contribution is 0.119. The van der Waals surface area contributed by atoms with Crippen molar-refractivity contribution in [2.45, 2.75) is 31.9 Å². The van der Waals surface area contributed by atoms with Gasteiger partial charge in [0.05, 0.1) is 10.6 Å². The first-order valence-electron chi connectivity index (χ1n) is 5.39. The Kier molecular flexibility index (Phi) is 3.65. The van der Waals surface area contributed by atoms with Crippen LogP contribution in [0.25, 0.3) is 0 Å². The number of ether oxygens (including phenoxy) is 1. The molecular formula is C12H16BrNO. The molecule has 0 unspecified atom stereocenters. The van der Waals surface area contributed by atoms with Gasteiger partial charge in [-0.1, -0.05) is 6.07 Å². The van der Waals surface area contributed by atoms with Crippen molar-refractivity contribution < 1.29 is 4.74 Å². The Labute approximate surface area is 99.1 Å². The van der Waals surface area contributed by atoms with E-state index in [2.05, 4.69) is 39.4 Å². The minimum absolute atomic E-state index is 0.441. The number of halogens is 1. The highest BCUT2D eigenvalue weighted by atomic mass is 79.9. The summed E-state index contributed by atoms with van der Waals surface area (Å²) < 4.78 is 6.90. The summed E-state index contributed by atoms with van der Waals surface area (Å²) in [5.74, 6) is 0.972. The molecule has 0 atom stereocenters. The van der Waals surface area contributed by atoms with Crippen LogP contribution in [0.2, 0.25) is 0 Å². The fraction of sp³-hybridized carbons (Fsp3) is 0.500. The van der Waals surface area contributed by atoms with E-state index in [0.717, 1.165) is 16.8 Å². The molecule has 1 aromatic carbocycles. The summed E-state index contributed by atoms with van der Waals surface area (Å²) >= 11 is 3.55. The maximum Gasteiger partial charge on any atom is 0.133 e. The van der Waals surface area contributed by atoms with Crippen molar-refractivity contribution in [3.63, 3.8) is 0 Å². The second kappa shape index (κ2) is 4.99.